The molecule has 3 rings (SSSR count). The molecule has 0 bridgehead atoms. The monoisotopic (exact) mass is 441 g/mol. The van der Waals surface area contributed by atoms with Gasteiger partial charge in [-0.3, -0.25) is 14.4 Å². The van der Waals surface area contributed by atoms with Gasteiger partial charge in [0.2, 0.25) is 11.8 Å². The molecule has 162 valence electrons. The van der Waals surface area contributed by atoms with Crippen molar-refractivity contribution in [2.45, 2.75) is 44.9 Å². The first-order valence-electron chi connectivity index (χ1n) is 9.54. The van der Waals surface area contributed by atoms with E-state index in [-0.39, 0.29) is 35.9 Å². The lowest BCUT2D eigenvalue weighted by Gasteiger charge is -2.26. The van der Waals surface area contributed by atoms with Gasteiger partial charge < -0.3 is 14.8 Å². The van der Waals surface area contributed by atoms with Crippen molar-refractivity contribution in [2.75, 3.05) is 13.1 Å². The summed E-state index contributed by atoms with van der Waals surface area (Å²) in [6.07, 6.45) is -3.43. The van der Waals surface area contributed by atoms with Gasteiger partial charge in [0.25, 0.3) is 0 Å². The van der Waals surface area contributed by atoms with Gasteiger partial charge in [-0.1, -0.05) is 23.5 Å². The Bertz CT molecular complexity index is 983. The molecule has 0 aliphatic carbocycles. The van der Waals surface area contributed by atoms with Crippen LogP contribution in [0.3, 0.4) is 0 Å². The number of likely N-dealkylation sites (tertiary alicyclic amines) is 1. The predicted octanol–water partition coefficient (Wildman–Crippen LogP) is 3.11. The van der Waals surface area contributed by atoms with Crippen LogP contribution in [-0.4, -0.2) is 34.4 Å². The number of hydrogen-bond acceptors (Lipinski definition) is 4. The predicted molar refractivity (Wildman–Crippen MR) is 106 cm³/mol. The Hall–Kier alpha value is -2.62. The number of nitrogens with zero attached hydrogens (tertiary/aromatic N) is 2. The number of thiazole rings is 1. The second-order valence-electron chi connectivity index (χ2n) is 7.23. The summed E-state index contributed by atoms with van der Waals surface area (Å²) in [7, 11) is 0. The van der Waals surface area contributed by atoms with Crippen LogP contribution >= 0.6 is 11.3 Å². The van der Waals surface area contributed by atoms with Gasteiger partial charge in [-0.05, 0) is 31.0 Å². The number of hydrogen-bond donors (Lipinski definition) is 1. The van der Waals surface area contributed by atoms with Crippen molar-refractivity contribution in [3.63, 3.8) is 0 Å². The minimum absolute atomic E-state index is 0.000881. The zero-order valence-corrected chi connectivity index (χ0v) is 17.2. The van der Waals surface area contributed by atoms with Crippen molar-refractivity contribution in [2.24, 2.45) is 0 Å². The number of nitrogens with one attached hydrogen (secondary N) is 1. The second kappa shape index (κ2) is 9.03. The fourth-order valence-corrected chi connectivity index (χ4v) is 4.20. The van der Waals surface area contributed by atoms with Gasteiger partial charge in [-0.25, -0.2) is 0 Å². The van der Waals surface area contributed by atoms with Crippen LogP contribution < -0.4 is 10.2 Å². The first-order chi connectivity index (χ1) is 14.1. The van der Waals surface area contributed by atoms with Gasteiger partial charge in [0.1, 0.15) is 0 Å². The summed E-state index contributed by atoms with van der Waals surface area (Å²) < 4.78 is 40.9. The van der Waals surface area contributed by atoms with Gasteiger partial charge in [0.15, 0.2) is 0 Å². The molecule has 1 atom stereocenters. The van der Waals surface area contributed by atoms with Crippen molar-refractivity contribution < 1.29 is 22.8 Å². The molecule has 1 aromatic carbocycles. The maximum atomic E-state index is 13.1. The largest absolute Gasteiger partial charge is 0.416 e. The number of halogens is 3. The Morgan fingerprint density at radius 3 is 2.67 bits per heavy atom. The van der Waals surface area contributed by atoms with Crippen LogP contribution in [0, 0.1) is 6.92 Å². The molecule has 1 aliphatic rings. The highest BCUT2D eigenvalue weighted by molar-refractivity contribution is 7.07. The third kappa shape index (κ3) is 5.29. The zero-order valence-electron chi connectivity index (χ0n) is 16.4. The van der Waals surface area contributed by atoms with Crippen molar-refractivity contribution in [1.29, 1.82) is 0 Å². The van der Waals surface area contributed by atoms with E-state index < -0.39 is 23.7 Å². The zero-order chi connectivity index (χ0) is 21.9. The molecule has 1 saturated heterocycles. The summed E-state index contributed by atoms with van der Waals surface area (Å²) in [5, 5.41) is 4.45. The highest BCUT2D eigenvalue weighted by atomic mass is 32.1. The van der Waals surface area contributed by atoms with Crippen LogP contribution in [-0.2, 0) is 22.3 Å². The normalized spacial score (nSPS) is 15.5. The Morgan fingerprint density at radius 1 is 1.30 bits per heavy atom. The molecule has 6 nitrogen and oxygen atoms in total. The number of rotatable bonds is 7. The molecule has 0 saturated carbocycles. The maximum absolute atomic E-state index is 13.1. The number of carbonyl (C=O) groups excluding carboxylic acids is 2. The third-order valence-corrected chi connectivity index (χ3v) is 5.95. The fourth-order valence-electron chi connectivity index (χ4n) is 3.44. The smallest absolute Gasteiger partial charge is 0.347 e. The van der Waals surface area contributed by atoms with E-state index in [4.69, 9.17) is 0 Å². The van der Waals surface area contributed by atoms with Gasteiger partial charge in [-0.2, -0.15) is 13.2 Å². The fraction of sp³-hybridized carbons (Fsp3) is 0.450. The van der Waals surface area contributed by atoms with Crippen LogP contribution in [0.15, 0.2) is 34.4 Å². The maximum Gasteiger partial charge on any atom is 0.416 e. The minimum atomic E-state index is -4.51. The summed E-state index contributed by atoms with van der Waals surface area (Å²) in [5.74, 6) is -0.483. The second-order valence-corrected chi connectivity index (χ2v) is 8.05. The number of benzene rings is 1. The summed E-state index contributed by atoms with van der Waals surface area (Å²) in [6, 6.07) is 3.99. The van der Waals surface area contributed by atoms with Gasteiger partial charge >= 0.3 is 11.0 Å². The average Bonchev–Trinajstić information content (AvgIpc) is 3.24. The SMILES string of the molecule is Cc1csc(=O)n1CCC(=O)N[C@@H](CN1CCCC1=O)c1cccc(C(F)(F)F)c1. The molecule has 1 N–H and O–H groups in total. The molecule has 1 fully saturated rings. The molecule has 30 heavy (non-hydrogen) atoms. The molecule has 2 amide bonds. The molecule has 0 radical (unpaired) electrons. The molecule has 0 unspecified atom stereocenters. The molecule has 0 spiro atoms. The first kappa shape index (κ1) is 22.1. The van der Waals surface area contributed by atoms with E-state index in [9.17, 15) is 27.6 Å². The number of amides is 2. The first-order valence-corrected chi connectivity index (χ1v) is 10.4. The van der Waals surface area contributed by atoms with E-state index in [0.29, 0.717) is 19.4 Å². The van der Waals surface area contributed by atoms with E-state index >= 15 is 0 Å². The average molecular weight is 441 g/mol. The summed E-state index contributed by atoms with van der Waals surface area (Å²) in [5.41, 5.74) is 0.212. The molecule has 1 aliphatic heterocycles. The number of aromatic nitrogens is 1. The molecular formula is C20H22F3N3O3S. The Balaban J connectivity index is 1.76. The van der Waals surface area contributed by atoms with Crippen molar-refractivity contribution >= 4 is 23.2 Å². The van der Waals surface area contributed by atoms with Gasteiger partial charge in [-0.15, -0.1) is 0 Å². The quantitative estimate of drug-likeness (QED) is 0.718. The lowest BCUT2D eigenvalue weighted by Crippen LogP contribution is -2.39. The highest BCUT2D eigenvalue weighted by Crippen LogP contribution is 2.31. The Kier molecular flexibility index (Phi) is 6.64. The lowest BCUT2D eigenvalue weighted by molar-refractivity contribution is -0.137. The van der Waals surface area contributed by atoms with Crippen LogP contribution in [0.4, 0.5) is 13.2 Å². The van der Waals surface area contributed by atoms with E-state index in [1.54, 1.807) is 17.2 Å². The molecule has 10 heteroatoms. The van der Waals surface area contributed by atoms with Gasteiger partial charge in [0.05, 0.1) is 11.6 Å². The van der Waals surface area contributed by atoms with Gasteiger partial charge in [0, 0.05) is 43.5 Å². The van der Waals surface area contributed by atoms with Crippen molar-refractivity contribution in [1.82, 2.24) is 14.8 Å². The lowest BCUT2D eigenvalue weighted by atomic mass is 10.0. The van der Waals surface area contributed by atoms with Crippen LogP contribution in [0.1, 0.15) is 42.1 Å². The van der Waals surface area contributed by atoms with Crippen molar-refractivity contribution in [3.05, 3.63) is 56.1 Å². The number of alkyl halides is 3. The summed E-state index contributed by atoms with van der Waals surface area (Å²) in [4.78, 5) is 37.7. The highest BCUT2D eigenvalue weighted by Gasteiger charge is 2.32. The van der Waals surface area contributed by atoms with E-state index in [2.05, 4.69) is 5.32 Å². The van der Waals surface area contributed by atoms with E-state index in [1.165, 1.54) is 16.7 Å². The molecule has 1 aromatic heterocycles. The van der Waals surface area contributed by atoms with E-state index in [1.807, 2.05) is 0 Å². The van der Waals surface area contributed by atoms with E-state index in [0.717, 1.165) is 29.2 Å². The summed E-state index contributed by atoms with van der Waals surface area (Å²) >= 11 is 1.04. The third-order valence-electron chi connectivity index (χ3n) is 5.06. The minimum Gasteiger partial charge on any atom is -0.347 e. The Morgan fingerprint density at radius 2 is 2.07 bits per heavy atom. The molecular weight excluding hydrogens is 419 g/mol. The van der Waals surface area contributed by atoms with Crippen LogP contribution in [0.25, 0.3) is 0 Å². The van der Waals surface area contributed by atoms with Crippen LogP contribution in [0.2, 0.25) is 0 Å². The number of aryl methyl sites for hydroxylation is 1. The molecule has 2 heterocycles. The van der Waals surface area contributed by atoms with Crippen LogP contribution in [0.5, 0.6) is 0 Å². The topological polar surface area (TPSA) is 71.4 Å². The summed E-state index contributed by atoms with van der Waals surface area (Å²) in [6.45, 7) is 2.55. The standard InChI is InChI=1S/C20H22F3N3O3S/c1-13-12-30-19(29)26(13)9-7-17(27)24-16(11-25-8-3-6-18(25)28)14-4-2-5-15(10-14)20(21,22)23/h2,4-5,10,12,16H,3,6-9,11H2,1H3,(H,24,27)/t16-/m0/s1. The molecule has 2 aromatic rings. The number of carbonyl (C=O) groups is 2. The van der Waals surface area contributed by atoms with Crippen molar-refractivity contribution in [3.8, 4) is 0 Å². The Labute approximate surface area is 175 Å².